The molecule has 1 N–H and O–H groups in total. The van der Waals surface area contributed by atoms with Crippen molar-refractivity contribution in [2.45, 2.75) is 44.7 Å². The van der Waals surface area contributed by atoms with Crippen LogP contribution in [-0.2, 0) is 31.3 Å². The Morgan fingerprint density at radius 2 is 1.56 bits per heavy atom. The maximum Gasteiger partial charge on any atom is 0.320 e. The van der Waals surface area contributed by atoms with Crippen LogP contribution in [0.2, 0.25) is 0 Å². The number of aromatic nitrogens is 1. The van der Waals surface area contributed by atoms with Crippen molar-refractivity contribution < 1.29 is 24.2 Å². The fraction of sp³-hybridized carbons (Fsp3) is 0.250. The van der Waals surface area contributed by atoms with Crippen molar-refractivity contribution in [3.8, 4) is 16.8 Å². The second-order valence-electron chi connectivity index (χ2n) is 10.2. The van der Waals surface area contributed by atoms with Gasteiger partial charge in [0.05, 0.1) is 18.2 Å². The minimum absolute atomic E-state index is 0.149. The Balaban J connectivity index is 1.45. The first kappa shape index (κ1) is 26.4. The highest BCUT2D eigenvalue weighted by molar-refractivity contribution is 5.88. The molecule has 2 heterocycles. The third-order valence-electron chi connectivity index (χ3n) is 7.05. The van der Waals surface area contributed by atoms with Gasteiger partial charge in [-0.15, -0.1) is 0 Å². The van der Waals surface area contributed by atoms with Crippen molar-refractivity contribution in [3.63, 3.8) is 0 Å². The lowest BCUT2D eigenvalue weighted by atomic mass is 10.0. The largest absolute Gasteiger partial charge is 0.419 e. The summed E-state index contributed by atoms with van der Waals surface area (Å²) in [4.78, 5) is 27.7. The second kappa shape index (κ2) is 10.5. The molecular weight excluding hydrogens is 492 g/mol. The predicted molar refractivity (Wildman–Crippen MR) is 148 cm³/mol. The molecule has 7 heteroatoms. The molecule has 4 aromatic rings. The van der Waals surface area contributed by atoms with E-state index in [1.807, 2.05) is 84.9 Å². The van der Waals surface area contributed by atoms with Gasteiger partial charge in [0.25, 0.3) is 0 Å². The normalized spacial score (nSPS) is 17.9. The molecule has 0 spiro atoms. The standard InChI is InChI=1S/C32H32N2O5/c1-23(35)39-32(37,30(36)34-29(22-38-31(34,2)3)20-24-10-6-4-7-11-24)27-18-19-33(21-27)28-16-14-26(15-17-28)25-12-8-5-9-13-25/h4-19,21,29,37H,20,22H2,1-3H3/t29-,32?/m0/s1. The molecule has 0 saturated carbocycles. The zero-order valence-corrected chi connectivity index (χ0v) is 22.3. The number of hydrogen-bond acceptors (Lipinski definition) is 5. The molecule has 39 heavy (non-hydrogen) atoms. The van der Waals surface area contributed by atoms with Crippen LogP contribution in [0.15, 0.2) is 103 Å². The molecule has 7 nitrogen and oxygen atoms in total. The molecule has 0 radical (unpaired) electrons. The number of rotatable bonds is 7. The molecule has 0 bridgehead atoms. The van der Waals surface area contributed by atoms with Gasteiger partial charge in [-0.2, -0.15) is 0 Å². The maximum absolute atomic E-state index is 14.1. The first-order valence-corrected chi connectivity index (χ1v) is 13.0. The van der Waals surface area contributed by atoms with Gasteiger partial charge in [-0.1, -0.05) is 72.8 Å². The number of hydrogen-bond donors (Lipinski definition) is 1. The zero-order valence-electron chi connectivity index (χ0n) is 22.3. The number of carbonyl (C=O) groups excluding carboxylic acids is 2. The number of ether oxygens (including phenoxy) is 2. The molecule has 1 aliphatic rings. The maximum atomic E-state index is 14.1. The average Bonchev–Trinajstić information content (AvgIpc) is 3.54. The fourth-order valence-electron chi connectivity index (χ4n) is 5.14. The van der Waals surface area contributed by atoms with Crippen LogP contribution in [0.4, 0.5) is 0 Å². The van der Waals surface area contributed by atoms with E-state index in [-0.39, 0.29) is 11.6 Å². The highest BCUT2D eigenvalue weighted by Crippen LogP contribution is 2.36. The lowest BCUT2D eigenvalue weighted by Crippen LogP contribution is -2.57. The van der Waals surface area contributed by atoms with Crippen LogP contribution < -0.4 is 0 Å². The lowest BCUT2D eigenvalue weighted by molar-refractivity contribution is -0.228. The molecule has 2 atom stereocenters. The Bertz CT molecular complexity index is 1450. The van der Waals surface area contributed by atoms with E-state index < -0.39 is 23.4 Å². The van der Waals surface area contributed by atoms with Gasteiger partial charge in [0.15, 0.2) is 0 Å². The van der Waals surface area contributed by atoms with E-state index in [1.165, 1.54) is 11.8 Å². The summed E-state index contributed by atoms with van der Waals surface area (Å²) in [5.41, 5.74) is 3.16. The number of carbonyl (C=O) groups is 2. The minimum atomic E-state index is -2.53. The molecule has 1 aliphatic heterocycles. The Kier molecular flexibility index (Phi) is 7.12. The van der Waals surface area contributed by atoms with Crippen LogP contribution >= 0.6 is 0 Å². The van der Waals surface area contributed by atoms with E-state index in [1.54, 1.807) is 36.9 Å². The van der Waals surface area contributed by atoms with Crippen molar-refractivity contribution in [1.82, 2.24) is 9.47 Å². The van der Waals surface area contributed by atoms with Gasteiger partial charge in [-0.05, 0) is 55.2 Å². The first-order chi connectivity index (χ1) is 18.7. The molecule has 3 aromatic carbocycles. The summed E-state index contributed by atoms with van der Waals surface area (Å²) in [7, 11) is 0. The van der Waals surface area contributed by atoms with Gasteiger partial charge < -0.3 is 24.0 Å². The van der Waals surface area contributed by atoms with Crippen LogP contribution in [0.3, 0.4) is 0 Å². The third-order valence-corrected chi connectivity index (χ3v) is 7.05. The number of aliphatic hydroxyl groups is 1. The molecule has 1 fully saturated rings. The van der Waals surface area contributed by atoms with Crippen molar-refractivity contribution in [2.24, 2.45) is 0 Å². The molecule has 5 rings (SSSR count). The predicted octanol–water partition coefficient (Wildman–Crippen LogP) is 5.06. The summed E-state index contributed by atoms with van der Waals surface area (Å²) in [6, 6.07) is 29.0. The van der Waals surface area contributed by atoms with Crippen LogP contribution in [0.1, 0.15) is 31.9 Å². The second-order valence-corrected chi connectivity index (χ2v) is 10.2. The zero-order chi connectivity index (χ0) is 27.6. The molecule has 1 amide bonds. The van der Waals surface area contributed by atoms with Crippen LogP contribution in [0.25, 0.3) is 16.8 Å². The van der Waals surface area contributed by atoms with Crippen LogP contribution in [0.5, 0.6) is 0 Å². The van der Waals surface area contributed by atoms with Crippen molar-refractivity contribution in [1.29, 1.82) is 0 Å². The number of benzene rings is 3. The van der Waals surface area contributed by atoms with E-state index >= 15 is 0 Å². The fourth-order valence-corrected chi connectivity index (χ4v) is 5.14. The van der Waals surface area contributed by atoms with E-state index in [9.17, 15) is 14.7 Å². The molecule has 0 aliphatic carbocycles. The summed E-state index contributed by atoms with van der Waals surface area (Å²) < 4.78 is 13.1. The molecule has 1 unspecified atom stereocenters. The summed E-state index contributed by atoms with van der Waals surface area (Å²) in [6.07, 6.45) is 3.86. The van der Waals surface area contributed by atoms with Gasteiger partial charge in [-0.25, -0.2) is 0 Å². The third kappa shape index (κ3) is 5.37. The van der Waals surface area contributed by atoms with Crippen molar-refractivity contribution in [2.75, 3.05) is 6.61 Å². The Labute approximate surface area is 228 Å². The van der Waals surface area contributed by atoms with Gasteiger partial charge in [-0.3, -0.25) is 9.59 Å². The summed E-state index contributed by atoms with van der Waals surface area (Å²) in [5, 5.41) is 11.7. The van der Waals surface area contributed by atoms with Gasteiger partial charge in [0.1, 0.15) is 5.72 Å². The average molecular weight is 525 g/mol. The van der Waals surface area contributed by atoms with E-state index in [2.05, 4.69) is 0 Å². The van der Waals surface area contributed by atoms with Gasteiger partial charge in [0.2, 0.25) is 0 Å². The number of amides is 1. The Morgan fingerprint density at radius 1 is 0.949 bits per heavy atom. The summed E-state index contributed by atoms with van der Waals surface area (Å²) in [5.74, 6) is -4.05. The van der Waals surface area contributed by atoms with E-state index in [0.717, 1.165) is 22.4 Å². The number of nitrogens with zero attached hydrogens (tertiary/aromatic N) is 2. The highest BCUT2D eigenvalue weighted by Gasteiger charge is 2.54. The van der Waals surface area contributed by atoms with Crippen LogP contribution in [0, 0.1) is 0 Å². The summed E-state index contributed by atoms with van der Waals surface area (Å²) in [6.45, 7) is 5.00. The van der Waals surface area contributed by atoms with Gasteiger partial charge in [0, 0.05) is 25.0 Å². The van der Waals surface area contributed by atoms with Gasteiger partial charge >= 0.3 is 17.7 Å². The van der Waals surface area contributed by atoms with Crippen molar-refractivity contribution in [3.05, 3.63) is 115 Å². The summed E-state index contributed by atoms with van der Waals surface area (Å²) >= 11 is 0. The van der Waals surface area contributed by atoms with E-state index in [0.29, 0.717) is 13.0 Å². The molecule has 1 aromatic heterocycles. The smallest absolute Gasteiger partial charge is 0.320 e. The monoisotopic (exact) mass is 524 g/mol. The van der Waals surface area contributed by atoms with E-state index in [4.69, 9.17) is 9.47 Å². The quantitative estimate of drug-likeness (QED) is 0.270. The molecular formula is C32H32N2O5. The van der Waals surface area contributed by atoms with Crippen LogP contribution in [-0.4, -0.2) is 44.8 Å². The SMILES string of the molecule is CC(=O)OC(O)(C(=O)N1[C@@H](Cc2ccccc2)COC1(C)C)c1ccn(-c2ccc(-c3ccccc3)cc2)c1. The lowest BCUT2D eigenvalue weighted by Gasteiger charge is -2.38. The Hall–Kier alpha value is -4.20. The van der Waals surface area contributed by atoms with Crippen molar-refractivity contribution >= 4 is 11.9 Å². The molecule has 200 valence electrons. The minimum Gasteiger partial charge on any atom is -0.419 e. The number of esters is 1. The Morgan fingerprint density at radius 3 is 2.21 bits per heavy atom. The topological polar surface area (TPSA) is 81.0 Å². The highest BCUT2D eigenvalue weighted by atomic mass is 16.7. The molecule has 1 saturated heterocycles. The first-order valence-electron chi connectivity index (χ1n) is 13.0.